The molecule has 0 aromatic carbocycles. The number of rotatable bonds is 7. The van der Waals surface area contributed by atoms with Crippen LogP contribution < -0.4 is 4.72 Å². The van der Waals surface area contributed by atoms with E-state index in [2.05, 4.69) is 4.72 Å². The normalized spacial score (nSPS) is 24.6. The summed E-state index contributed by atoms with van der Waals surface area (Å²) < 4.78 is 27.9. The van der Waals surface area contributed by atoms with Gasteiger partial charge in [-0.3, -0.25) is 4.79 Å². The van der Waals surface area contributed by atoms with Crippen LogP contribution in [-0.4, -0.2) is 43.4 Å². The highest BCUT2D eigenvalue weighted by Crippen LogP contribution is 2.28. The molecule has 0 aromatic heterocycles. The Morgan fingerprint density at radius 3 is 2.16 bits per heavy atom. The number of carboxylic acid groups (broad SMARTS) is 1. The van der Waals surface area contributed by atoms with Gasteiger partial charge in [-0.2, -0.15) is 12.7 Å². The molecule has 0 saturated heterocycles. The summed E-state index contributed by atoms with van der Waals surface area (Å²) in [6.45, 7) is 4.93. The molecule has 0 spiro atoms. The van der Waals surface area contributed by atoms with E-state index >= 15 is 0 Å². The molecule has 2 N–H and O–H groups in total. The number of nitrogens with zero attached hydrogens (tertiary/aromatic N) is 1. The van der Waals surface area contributed by atoms with Crippen LogP contribution in [0.5, 0.6) is 0 Å². The SMILES string of the molecule is CCN(CC)S(=O)(=O)NCC1CCC(C(=O)O)CC1. The maximum Gasteiger partial charge on any atom is 0.306 e. The predicted molar refractivity (Wildman–Crippen MR) is 72.9 cm³/mol. The fourth-order valence-corrected chi connectivity index (χ4v) is 3.80. The summed E-state index contributed by atoms with van der Waals surface area (Å²) in [5, 5.41) is 8.90. The smallest absolute Gasteiger partial charge is 0.306 e. The summed E-state index contributed by atoms with van der Waals surface area (Å²) in [6.07, 6.45) is 2.84. The molecular formula is C12H24N2O4S. The van der Waals surface area contributed by atoms with Crippen LogP contribution in [0.4, 0.5) is 0 Å². The summed E-state index contributed by atoms with van der Waals surface area (Å²) in [5.74, 6) is -0.737. The monoisotopic (exact) mass is 292 g/mol. The molecule has 1 aliphatic rings. The molecule has 1 fully saturated rings. The molecule has 1 aliphatic carbocycles. The molecule has 0 bridgehead atoms. The fraction of sp³-hybridized carbons (Fsp3) is 0.917. The molecule has 1 saturated carbocycles. The minimum atomic E-state index is -3.38. The van der Waals surface area contributed by atoms with Crippen molar-refractivity contribution >= 4 is 16.2 Å². The predicted octanol–water partition coefficient (Wildman–Crippen LogP) is 1.05. The molecule has 0 aromatic rings. The highest BCUT2D eigenvalue weighted by atomic mass is 32.2. The number of carboxylic acids is 1. The largest absolute Gasteiger partial charge is 0.481 e. The van der Waals surface area contributed by atoms with Gasteiger partial charge in [-0.15, -0.1) is 0 Å². The van der Waals surface area contributed by atoms with Crippen molar-refractivity contribution in [1.29, 1.82) is 0 Å². The van der Waals surface area contributed by atoms with Gasteiger partial charge in [-0.1, -0.05) is 13.8 Å². The van der Waals surface area contributed by atoms with Crippen molar-refractivity contribution in [3.05, 3.63) is 0 Å². The van der Waals surface area contributed by atoms with E-state index in [1.54, 1.807) is 13.8 Å². The Morgan fingerprint density at radius 2 is 1.74 bits per heavy atom. The third kappa shape index (κ3) is 4.74. The quantitative estimate of drug-likeness (QED) is 0.734. The molecule has 19 heavy (non-hydrogen) atoms. The van der Waals surface area contributed by atoms with Gasteiger partial charge in [0.05, 0.1) is 5.92 Å². The van der Waals surface area contributed by atoms with Crippen LogP contribution >= 0.6 is 0 Å². The zero-order valence-corrected chi connectivity index (χ0v) is 12.4. The van der Waals surface area contributed by atoms with Gasteiger partial charge < -0.3 is 5.11 Å². The summed E-state index contributed by atoms with van der Waals surface area (Å²) in [6, 6.07) is 0. The van der Waals surface area contributed by atoms with Crippen molar-refractivity contribution in [2.45, 2.75) is 39.5 Å². The second-order valence-electron chi connectivity index (χ2n) is 4.99. The van der Waals surface area contributed by atoms with E-state index in [0.29, 0.717) is 32.5 Å². The lowest BCUT2D eigenvalue weighted by atomic mass is 9.82. The Labute approximate surface area is 115 Å². The van der Waals surface area contributed by atoms with Gasteiger partial charge in [0.25, 0.3) is 10.2 Å². The fourth-order valence-electron chi connectivity index (χ4n) is 2.49. The van der Waals surface area contributed by atoms with Crippen LogP contribution in [0.25, 0.3) is 0 Å². The summed E-state index contributed by atoms with van der Waals surface area (Å²) in [4.78, 5) is 10.8. The molecule has 1 rings (SSSR count). The first kappa shape index (κ1) is 16.4. The van der Waals surface area contributed by atoms with E-state index in [0.717, 1.165) is 12.8 Å². The molecule has 0 unspecified atom stereocenters. The Bertz CT molecular complexity index is 385. The second-order valence-corrected chi connectivity index (χ2v) is 6.75. The van der Waals surface area contributed by atoms with Crippen molar-refractivity contribution in [3.8, 4) is 0 Å². The van der Waals surface area contributed by atoms with Crippen LogP contribution in [-0.2, 0) is 15.0 Å². The standard InChI is InChI=1S/C12H24N2O4S/c1-3-14(4-2)19(17,18)13-9-10-5-7-11(8-6-10)12(15)16/h10-11,13H,3-9H2,1-2H3,(H,15,16). The van der Waals surface area contributed by atoms with E-state index in [-0.39, 0.29) is 11.8 Å². The van der Waals surface area contributed by atoms with Gasteiger partial charge in [-0.05, 0) is 31.6 Å². The zero-order valence-electron chi connectivity index (χ0n) is 11.6. The van der Waals surface area contributed by atoms with Crippen molar-refractivity contribution in [2.75, 3.05) is 19.6 Å². The number of carbonyl (C=O) groups is 1. The summed E-state index contributed by atoms with van der Waals surface area (Å²) in [5.41, 5.74) is 0. The summed E-state index contributed by atoms with van der Waals surface area (Å²) in [7, 11) is -3.38. The van der Waals surface area contributed by atoms with E-state index in [1.807, 2.05) is 0 Å². The van der Waals surface area contributed by atoms with E-state index in [9.17, 15) is 13.2 Å². The van der Waals surface area contributed by atoms with Crippen molar-refractivity contribution in [3.63, 3.8) is 0 Å². The lowest BCUT2D eigenvalue weighted by molar-refractivity contribution is -0.143. The molecule has 0 radical (unpaired) electrons. The highest BCUT2D eigenvalue weighted by molar-refractivity contribution is 7.87. The topological polar surface area (TPSA) is 86.7 Å². The van der Waals surface area contributed by atoms with Crippen molar-refractivity contribution in [2.24, 2.45) is 11.8 Å². The average molecular weight is 292 g/mol. The first-order valence-electron chi connectivity index (χ1n) is 6.88. The van der Waals surface area contributed by atoms with Gasteiger partial charge in [0.15, 0.2) is 0 Å². The van der Waals surface area contributed by atoms with Crippen LogP contribution in [0, 0.1) is 11.8 Å². The van der Waals surface area contributed by atoms with Gasteiger partial charge in [0.2, 0.25) is 0 Å². The molecule has 6 nitrogen and oxygen atoms in total. The Morgan fingerprint density at radius 1 is 1.21 bits per heavy atom. The number of aliphatic carboxylic acids is 1. The van der Waals surface area contributed by atoms with Gasteiger partial charge >= 0.3 is 5.97 Å². The Kier molecular flexibility index (Phi) is 6.22. The van der Waals surface area contributed by atoms with Crippen LogP contribution in [0.15, 0.2) is 0 Å². The molecule has 0 atom stereocenters. The minimum absolute atomic E-state index is 0.251. The zero-order chi connectivity index (χ0) is 14.5. The second kappa shape index (κ2) is 7.21. The minimum Gasteiger partial charge on any atom is -0.481 e. The first-order valence-corrected chi connectivity index (χ1v) is 8.32. The lowest BCUT2D eigenvalue weighted by Crippen LogP contribution is -2.42. The number of nitrogens with one attached hydrogen (secondary N) is 1. The van der Waals surface area contributed by atoms with Crippen molar-refractivity contribution in [1.82, 2.24) is 9.03 Å². The molecule has 7 heteroatoms. The van der Waals surface area contributed by atoms with Gasteiger partial charge in [-0.25, -0.2) is 4.72 Å². The number of hydrogen-bond donors (Lipinski definition) is 2. The highest BCUT2D eigenvalue weighted by Gasteiger charge is 2.27. The third-order valence-electron chi connectivity index (χ3n) is 3.80. The Hall–Kier alpha value is -0.660. The van der Waals surface area contributed by atoms with E-state index in [4.69, 9.17) is 5.11 Å². The van der Waals surface area contributed by atoms with Crippen LogP contribution in [0.1, 0.15) is 39.5 Å². The van der Waals surface area contributed by atoms with E-state index < -0.39 is 16.2 Å². The van der Waals surface area contributed by atoms with Crippen LogP contribution in [0.2, 0.25) is 0 Å². The van der Waals surface area contributed by atoms with Gasteiger partial charge in [0.1, 0.15) is 0 Å². The maximum absolute atomic E-state index is 11.9. The first-order chi connectivity index (χ1) is 8.90. The number of hydrogen-bond acceptors (Lipinski definition) is 3. The third-order valence-corrected chi connectivity index (χ3v) is 5.52. The molecule has 0 heterocycles. The average Bonchev–Trinajstić information content (AvgIpc) is 2.38. The lowest BCUT2D eigenvalue weighted by Gasteiger charge is -2.27. The summed E-state index contributed by atoms with van der Waals surface area (Å²) >= 11 is 0. The van der Waals surface area contributed by atoms with Gasteiger partial charge in [0, 0.05) is 19.6 Å². The molecular weight excluding hydrogens is 268 g/mol. The Balaban J connectivity index is 2.40. The molecule has 0 amide bonds. The van der Waals surface area contributed by atoms with Crippen LogP contribution in [0.3, 0.4) is 0 Å². The molecule has 112 valence electrons. The molecule has 0 aliphatic heterocycles. The van der Waals surface area contributed by atoms with Crippen molar-refractivity contribution < 1.29 is 18.3 Å². The van der Waals surface area contributed by atoms with E-state index in [1.165, 1.54) is 4.31 Å². The maximum atomic E-state index is 11.9.